The minimum Gasteiger partial charge on any atom is -0.481 e. The molecule has 0 amide bonds. The number of aromatic amines is 1. The Balaban J connectivity index is 2.64. The van der Waals surface area contributed by atoms with Crippen LogP contribution in [-0.4, -0.2) is 47.6 Å². The predicted molar refractivity (Wildman–Crippen MR) is 70.0 cm³/mol. The van der Waals surface area contributed by atoms with E-state index in [4.69, 9.17) is 5.11 Å². The van der Waals surface area contributed by atoms with Crippen LogP contribution in [0.2, 0.25) is 0 Å². The molecule has 0 saturated heterocycles. The van der Waals surface area contributed by atoms with Gasteiger partial charge >= 0.3 is 16.2 Å². The van der Waals surface area contributed by atoms with Gasteiger partial charge in [-0.25, -0.2) is 0 Å². The second-order valence-electron chi connectivity index (χ2n) is 4.10. The van der Waals surface area contributed by atoms with E-state index in [9.17, 15) is 13.2 Å². The molecule has 8 nitrogen and oxygen atoms in total. The third-order valence-corrected chi connectivity index (χ3v) is 3.90. The zero-order chi connectivity index (χ0) is 14.5. The zero-order valence-corrected chi connectivity index (χ0v) is 11.7. The molecule has 108 valence electrons. The minimum absolute atomic E-state index is 0.100. The highest BCUT2D eigenvalue weighted by atomic mass is 32.2. The lowest BCUT2D eigenvalue weighted by atomic mass is 10.2. The number of H-pyrrole nitrogens is 1. The van der Waals surface area contributed by atoms with Gasteiger partial charge in [0.05, 0.1) is 6.42 Å². The molecule has 1 heterocycles. The molecular formula is C10H18N4O4S. The average Bonchev–Trinajstić information content (AvgIpc) is 2.73. The summed E-state index contributed by atoms with van der Waals surface area (Å²) in [5, 5.41) is 15.1. The molecular weight excluding hydrogens is 272 g/mol. The Morgan fingerprint density at radius 3 is 2.84 bits per heavy atom. The van der Waals surface area contributed by atoms with E-state index in [2.05, 4.69) is 14.9 Å². The van der Waals surface area contributed by atoms with E-state index in [-0.39, 0.29) is 18.8 Å². The highest BCUT2D eigenvalue weighted by molar-refractivity contribution is 7.90. The van der Waals surface area contributed by atoms with Gasteiger partial charge in [0.15, 0.2) is 5.82 Å². The molecule has 19 heavy (non-hydrogen) atoms. The van der Waals surface area contributed by atoms with E-state index < -0.39 is 16.2 Å². The number of aryl methyl sites for hydroxylation is 1. The molecule has 0 aromatic carbocycles. The van der Waals surface area contributed by atoms with E-state index >= 15 is 0 Å². The summed E-state index contributed by atoms with van der Waals surface area (Å²) in [6, 6.07) is 1.62. The highest BCUT2D eigenvalue weighted by Crippen LogP contribution is 2.10. The maximum atomic E-state index is 11.8. The van der Waals surface area contributed by atoms with Crippen LogP contribution in [0.3, 0.4) is 0 Å². The molecule has 0 unspecified atom stereocenters. The molecule has 9 heteroatoms. The largest absolute Gasteiger partial charge is 0.481 e. The van der Waals surface area contributed by atoms with Crippen LogP contribution >= 0.6 is 0 Å². The number of carboxylic acids is 1. The number of carbonyl (C=O) groups is 1. The fraction of sp³-hybridized carbons (Fsp3) is 0.600. The van der Waals surface area contributed by atoms with Crippen molar-refractivity contribution in [2.45, 2.75) is 26.2 Å². The lowest BCUT2D eigenvalue weighted by molar-refractivity contribution is -0.137. The molecule has 0 aliphatic carbocycles. The van der Waals surface area contributed by atoms with Gasteiger partial charge in [0.25, 0.3) is 0 Å². The van der Waals surface area contributed by atoms with Gasteiger partial charge in [-0.1, -0.05) is 13.3 Å². The Hall–Kier alpha value is -1.61. The quantitative estimate of drug-likeness (QED) is 0.642. The third-order valence-electron chi connectivity index (χ3n) is 2.43. The van der Waals surface area contributed by atoms with Crippen LogP contribution in [0, 0.1) is 0 Å². The van der Waals surface area contributed by atoms with Crippen LogP contribution in [-0.2, 0) is 21.4 Å². The topological polar surface area (TPSA) is 115 Å². The van der Waals surface area contributed by atoms with Crippen LogP contribution in [0.25, 0.3) is 0 Å². The van der Waals surface area contributed by atoms with E-state index in [1.54, 1.807) is 6.07 Å². The summed E-state index contributed by atoms with van der Waals surface area (Å²) in [7, 11) is -2.46. The molecule has 0 bridgehead atoms. The first kappa shape index (κ1) is 15.4. The Kier molecular flexibility index (Phi) is 5.31. The van der Waals surface area contributed by atoms with Gasteiger partial charge in [0.1, 0.15) is 0 Å². The number of hydrogen-bond donors (Lipinski definition) is 3. The van der Waals surface area contributed by atoms with E-state index in [1.165, 1.54) is 7.05 Å². The van der Waals surface area contributed by atoms with Gasteiger partial charge in [-0.05, 0) is 6.42 Å². The number of hydrogen-bond acceptors (Lipinski definition) is 4. The first-order valence-electron chi connectivity index (χ1n) is 5.85. The summed E-state index contributed by atoms with van der Waals surface area (Å²) < 4.78 is 26.9. The van der Waals surface area contributed by atoms with Crippen LogP contribution in [0.1, 0.15) is 25.5 Å². The molecule has 0 spiro atoms. The third kappa shape index (κ3) is 4.87. The number of nitrogens with zero attached hydrogens (tertiary/aromatic N) is 2. The monoisotopic (exact) mass is 290 g/mol. The van der Waals surface area contributed by atoms with Crippen LogP contribution in [0.15, 0.2) is 6.07 Å². The van der Waals surface area contributed by atoms with Crippen molar-refractivity contribution >= 4 is 22.0 Å². The van der Waals surface area contributed by atoms with Crippen molar-refractivity contribution in [3.05, 3.63) is 11.8 Å². The Morgan fingerprint density at radius 1 is 1.58 bits per heavy atom. The lowest BCUT2D eigenvalue weighted by Gasteiger charge is -2.15. The van der Waals surface area contributed by atoms with E-state index in [1.807, 2.05) is 6.92 Å². The van der Waals surface area contributed by atoms with Crippen molar-refractivity contribution in [1.29, 1.82) is 0 Å². The van der Waals surface area contributed by atoms with Crippen molar-refractivity contribution in [3.63, 3.8) is 0 Å². The number of carboxylic acid groups (broad SMARTS) is 1. The van der Waals surface area contributed by atoms with E-state index in [0.29, 0.717) is 0 Å². The summed E-state index contributed by atoms with van der Waals surface area (Å²) in [4.78, 5) is 10.4. The molecule has 1 aromatic heterocycles. The Labute approximate surface area is 112 Å². The van der Waals surface area contributed by atoms with Gasteiger partial charge < -0.3 is 5.11 Å². The van der Waals surface area contributed by atoms with Crippen molar-refractivity contribution < 1.29 is 18.3 Å². The number of aromatic nitrogens is 2. The molecule has 0 aliphatic heterocycles. The van der Waals surface area contributed by atoms with Gasteiger partial charge in [0, 0.05) is 25.4 Å². The van der Waals surface area contributed by atoms with Crippen molar-refractivity contribution in [3.8, 4) is 0 Å². The second kappa shape index (κ2) is 6.53. The first-order valence-corrected chi connectivity index (χ1v) is 7.29. The Bertz CT molecular complexity index is 525. The number of anilines is 1. The fourth-order valence-corrected chi connectivity index (χ4v) is 2.25. The van der Waals surface area contributed by atoms with Crippen molar-refractivity contribution in [2.75, 3.05) is 18.3 Å². The summed E-state index contributed by atoms with van der Waals surface area (Å²) in [5.41, 5.74) is 0.841. The summed E-state index contributed by atoms with van der Waals surface area (Å²) >= 11 is 0. The lowest BCUT2D eigenvalue weighted by Crippen LogP contribution is -2.34. The molecule has 0 atom stereocenters. The Morgan fingerprint density at radius 2 is 2.26 bits per heavy atom. The van der Waals surface area contributed by atoms with Crippen LogP contribution < -0.4 is 4.72 Å². The summed E-state index contributed by atoms with van der Waals surface area (Å²) in [5.74, 6) is -0.849. The van der Waals surface area contributed by atoms with E-state index in [0.717, 1.165) is 22.8 Å². The molecule has 3 N–H and O–H groups in total. The predicted octanol–water partition coefficient (Wildman–Crippen LogP) is 0.425. The van der Waals surface area contributed by atoms with Crippen molar-refractivity contribution in [2.24, 2.45) is 0 Å². The first-order chi connectivity index (χ1) is 8.85. The number of rotatable bonds is 8. The highest BCUT2D eigenvalue weighted by Gasteiger charge is 2.19. The van der Waals surface area contributed by atoms with Gasteiger partial charge in [0.2, 0.25) is 0 Å². The molecule has 1 aromatic rings. The summed E-state index contributed by atoms with van der Waals surface area (Å²) in [6.45, 7) is 1.90. The number of nitrogens with one attached hydrogen (secondary N) is 2. The summed E-state index contributed by atoms with van der Waals surface area (Å²) in [6.07, 6.45) is 1.45. The SMILES string of the molecule is CCCc1cc(NS(=O)(=O)N(C)CCC(=O)O)n[nH]1. The smallest absolute Gasteiger partial charge is 0.304 e. The minimum atomic E-state index is -3.77. The molecule has 0 radical (unpaired) electrons. The molecule has 0 fully saturated rings. The van der Waals surface area contributed by atoms with Crippen LogP contribution in [0.4, 0.5) is 5.82 Å². The van der Waals surface area contributed by atoms with Gasteiger partial charge in [-0.3, -0.25) is 14.6 Å². The number of aliphatic carboxylic acids is 1. The zero-order valence-electron chi connectivity index (χ0n) is 10.9. The van der Waals surface area contributed by atoms with Gasteiger partial charge in [-0.15, -0.1) is 0 Å². The average molecular weight is 290 g/mol. The standard InChI is InChI=1S/C10H18N4O4S/c1-3-4-8-7-9(12-11-8)13-19(17,18)14(2)6-5-10(15)16/h7H,3-6H2,1-2H3,(H,15,16)(H2,11,12,13). The van der Waals surface area contributed by atoms with Crippen LogP contribution in [0.5, 0.6) is 0 Å². The molecule has 1 rings (SSSR count). The normalized spacial score (nSPS) is 11.7. The molecule has 0 aliphatic rings. The van der Waals surface area contributed by atoms with Gasteiger partial charge in [-0.2, -0.15) is 17.8 Å². The van der Waals surface area contributed by atoms with Crippen molar-refractivity contribution in [1.82, 2.24) is 14.5 Å². The maximum Gasteiger partial charge on any atom is 0.304 e. The maximum absolute atomic E-state index is 11.8. The second-order valence-corrected chi connectivity index (χ2v) is 5.88. The fourth-order valence-electron chi connectivity index (χ4n) is 1.39. The molecule has 0 saturated carbocycles.